The second-order valence-corrected chi connectivity index (χ2v) is 11.0. The van der Waals surface area contributed by atoms with Crippen LogP contribution in [0.25, 0.3) is 0 Å². The van der Waals surface area contributed by atoms with Crippen LogP contribution in [0.15, 0.2) is 54.7 Å². The summed E-state index contributed by atoms with van der Waals surface area (Å²) in [7, 11) is 1.66. The Hall–Kier alpha value is -3.94. The van der Waals surface area contributed by atoms with Gasteiger partial charge in [-0.25, -0.2) is 9.78 Å². The molecule has 208 valence electrons. The van der Waals surface area contributed by atoms with Gasteiger partial charge in [0.05, 0.1) is 7.11 Å². The summed E-state index contributed by atoms with van der Waals surface area (Å²) in [5, 5.41) is 16.7. The van der Waals surface area contributed by atoms with E-state index in [-0.39, 0.29) is 29.0 Å². The molecule has 0 bridgehead atoms. The van der Waals surface area contributed by atoms with Crippen LogP contribution in [0.2, 0.25) is 0 Å². The van der Waals surface area contributed by atoms with Crippen molar-refractivity contribution in [1.82, 2.24) is 10.3 Å². The van der Waals surface area contributed by atoms with Crippen LogP contribution in [0.3, 0.4) is 0 Å². The first-order chi connectivity index (χ1) is 18.6. The fraction of sp³-hybridized carbons (Fsp3) is 0.419. The Morgan fingerprint density at radius 1 is 1.08 bits per heavy atom. The fourth-order valence-electron chi connectivity index (χ4n) is 5.47. The molecule has 0 aliphatic carbocycles. The molecule has 0 radical (unpaired) electrons. The average Bonchev–Trinajstić information content (AvgIpc) is 2.93. The molecule has 2 heterocycles. The van der Waals surface area contributed by atoms with Gasteiger partial charge in [-0.05, 0) is 77.8 Å². The molecule has 1 aliphatic heterocycles. The number of hydrogen-bond donors (Lipinski definition) is 4. The predicted molar refractivity (Wildman–Crippen MR) is 158 cm³/mol. The van der Waals surface area contributed by atoms with E-state index >= 15 is 0 Å². The lowest BCUT2D eigenvalue weighted by Gasteiger charge is -2.43. The van der Waals surface area contributed by atoms with E-state index in [0.29, 0.717) is 31.1 Å². The molecule has 1 aromatic heterocycles. The maximum atomic E-state index is 13.4. The highest BCUT2D eigenvalue weighted by atomic mass is 16.5. The van der Waals surface area contributed by atoms with Crippen LogP contribution in [0.5, 0.6) is 11.5 Å². The second kappa shape index (κ2) is 11.8. The predicted octanol–water partition coefficient (Wildman–Crippen LogP) is 5.98. The Morgan fingerprint density at radius 3 is 2.33 bits per heavy atom. The number of pyridine rings is 1. The number of piperidine rings is 1. The van der Waals surface area contributed by atoms with Crippen LogP contribution < -0.4 is 26.0 Å². The average molecular weight is 532 g/mol. The van der Waals surface area contributed by atoms with Crippen molar-refractivity contribution in [3.8, 4) is 11.5 Å². The van der Waals surface area contributed by atoms with Crippen molar-refractivity contribution in [2.45, 2.75) is 57.8 Å². The summed E-state index contributed by atoms with van der Waals surface area (Å²) in [6.07, 6.45) is 3.23. The highest BCUT2D eigenvalue weighted by molar-refractivity contribution is 5.92. The molecule has 1 saturated heterocycles. The van der Waals surface area contributed by atoms with Gasteiger partial charge in [-0.15, -0.1) is 0 Å². The maximum Gasteiger partial charge on any atom is 0.319 e. The topological polar surface area (TPSA) is 113 Å². The minimum absolute atomic E-state index is 0.175. The molecule has 0 atom stereocenters. The van der Waals surface area contributed by atoms with Gasteiger partial charge in [0.2, 0.25) is 0 Å². The molecule has 0 spiro atoms. The van der Waals surface area contributed by atoms with Crippen molar-refractivity contribution < 1.29 is 14.6 Å². The van der Waals surface area contributed by atoms with Gasteiger partial charge in [0, 0.05) is 42.6 Å². The molecule has 1 aliphatic rings. The van der Waals surface area contributed by atoms with Gasteiger partial charge in [-0.3, -0.25) is 0 Å². The minimum Gasteiger partial charge on any atom is -0.504 e. The Kier molecular flexibility index (Phi) is 8.53. The number of carbonyl (C=O) groups excluding carboxylic acids is 1. The summed E-state index contributed by atoms with van der Waals surface area (Å²) in [4.78, 5) is 19.9. The Morgan fingerprint density at radius 2 is 1.74 bits per heavy atom. The molecule has 2 aromatic carbocycles. The Labute approximate surface area is 231 Å². The molecule has 0 saturated carbocycles. The smallest absolute Gasteiger partial charge is 0.319 e. The number of urea groups is 1. The number of nitrogens with zero attached hydrogens (tertiary/aromatic N) is 2. The second-order valence-electron chi connectivity index (χ2n) is 11.0. The number of hydrogen-bond acceptors (Lipinski definition) is 6. The van der Waals surface area contributed by atoms with Crippen molar-refractivity contribution >= 4 is 23.2 Å². The Bertz CT molecular complexity index is 1270. The summed E-state index contributed by atoms with van der Waals surface area (Å²) >= 11 is 0. The van der Waals surface area contributed by atoms with Gasteiger partial charge in [-0.1, -0.05) is 39.8 Å². The first-order valence-electron chi connectivity index (χ1n) is 13.6. The zero-order valence-electron chi connectivity index (χ0n) is 23.6. The van der Waals surface area contributed by atoms with Crippen molar-refractivity contribution in [3.63, 3.8) is 0 Å². The number of amides is 2. The SMILES string of the molecule is COc1cccc(C2(CNC(=O)Nc3c(C(C)C)cc(N)cc3C(C)C)CCN(c3ncccc3O)CC2)c1. The van der Waals surface area contributed by atoms with Gasteiger partial charge < -0.3 is 31.1 Å². The molecule has 8 nitrogen and oxygen atoms in total. The minimum atomic E-state index is -0.310. The Balaban J connectivity index is 1.57. The van der Waals surface area contributed by atoms with Crippen molar-refractivity contribution in [2.24, 2.45) is 0 Å². The van der Waals surface area contributed by atoms with Crippen LogP contribution in [-0.4, -0.2) is 42.9 Å². The summed E-state index contributed by atoms with van der Waals surface area (Å²) in [6.45, 7) is 10.3. The number of nitrogen functional groups attached to an aromatic ring is 1. The van der Waals surface area contributed by atoms with Crippen LogP contribution in [0.1, 0.15) is 69.1 Å². The maximum absolute atomic E-state index is 13.4. The molecule has 0 unspecified atom stereocenters. The summed E-state index contributed by atoms with van der Waals surface area (Å²) in [5.74, 6) is 1.96. The van der Waals surface area contributed by atoms with E-state index in [0.717, 1.165) is 41.0 Å². The quantitative estimate of drug-likeness (QED) is 0.266. The normalized spacial score (nSPS) is 14.9. The van der Waals surface area contributed by atoms with E-state index in [1.165, 1.54) is 0 Å². The zero-order chi connectivity index (χ0) is 28.2. The number of nitrogens with two attached hydrogens (primary N) is 1. The highest BCUT2D eigenvalue weighted by Crippen LogP contribution is 2.39. The lowest BCUT2D eigenvalue weighted by molar-refractivity contribution is 0.244. The first kappa shape index (κ1) is 28.1. The number of carbonyl (C=O) groups is 1. The van der Waals surface area contributed by atoms with Crippen LogP contribution >= 0.6 is 0 Å². The van der Waals surface area contributed by atoms with Crippen molar-refractivity contribution in [3.05, 3.63) is 71.4 Å². The lowest BCUT2D eigenvalue weighted by atomic mass is 9.72. The number of aromatic nitrogens is 1. The number of anilines is 3. The molecule has 39 heavy (non-hydrogen) atoms. The fourth-order valence-corrected chi connectivity index (χ4v) is 5.47. The highest BCUT2D eigenvalue weighted by Gasteiger charge is 2.38. The van der Waals surface area contributed by atoms with Gasteiger partial charge in [0.1, 0.15) is 5.75 Å². The third-order valence-electron chi connectivity index (χ3n) is 7.76. The molecule has 5 N–H and O–H groups in total. The summed E-state index contributed by atoms with van der Waals surface area (Å²) < 4.78 is 5.52. The summed E-state index contributed by atoms with van der Waals surface area (Å²) in [5.41, 5.74) is 10.6. The molecular formula is C31H41N5O3. The number of aromatic hydroxyl groups is 1. The number of benzene rings is 2. The van der Waals surface area contributed by atoms with E-state index in [4.69, 9.17) is 10.5 Å². The largest absolute Gasteiger partial charge is 0.504 e. The number of methoxy groups -OCH3 is 1. The third kappa shape index (κ3) is 6.21. The van der Waals surface area contributed by atoms with Gasteiger partial charge in [-0.2, -0.15) is 0 Å². The van der Waals surface area contributed by atoms with E-state index in [2.05, 4.69) is 60.3 Å². The van der Waals surface area contributed by atoms with Gasteiger partial charge in [0.15, 0.2) is 11.6 Å². The van der Waals surface area contributed by atoms with Crippen LogP contribution in [0, 0.1) is 0 Å². The van der Waals surface area contributed by atoms with Crippen molar-refractivity contribution in [2.75, 3.05) is 42.7 Å². The summed E-state index contributed by atoms with van der Waals surface area (Å²) in [6, 6.07) is 15.1. The molecule has 2 amide bonds. The van der Waals surface area contributed by atoms with E-state index in [1.54, 1.807) is 25.4 Å². The molecule has 3 aromatic rings. The third-order valence-corrected chi connectivity index (χ3v) is 7.76. The first-order valence-corrected chi connectivity index (χ1v) is 13.6. The number of ether oxygens (including phenoxy) is 1. The van der Waals surface area contributed by atoms with Gasteiger partial charge in [0.25, 0.3) is 0 Å². The number of rotatable bonds is 8. The standard InChI is InChI=1S/C31H41N5O3/c1-20(2)25-17-23(32)18-26(21(3)4)28(25)35-30(38)34-19-31(22-8-6-9-24(16-22)39-5)11-14-36(15-12-31)29-27(37)10-7-13-33-29/h6-10,13,16-18,20-21,37H,11-12,14-15,19,32H2,1-5H3,(H2,34,35,38). The molecule has 1 fully saturated rings. The molecular weight excluding hydrogens is 490 g/mol. The van der Waals surface area contributed by atoms with Crippen LogP contribution in [-0.2, 0) is 5.41 Å². The monoisotopic (exact) mass is 531 g/mol. The lowest BCUT2D eigenvalue weighted by Crippen LogP contribution is -2.50. The van der Waals surface area contributed by atoms with Crippen LogP contribution in [0.4, 0.5) is 22.0 Å². The van der Waals surface area contributed by atoms with E-state index < -0.39 is 0 Å². The van der Waals surface area contributed by atoms with Gasteiger partial charge >= 0.3 is 6.03 Å². The zero-order valence-corrected chi connectivity index (χ0v) is 23.6. The van der Waals surface area contributed by atoms with E-state index in [1.807, 2.05) is 24.3 Å². The number of nitrogens with one attached hydrogen (secondary N) is 2. The molecule has 8 heteroatoms. The van der Waals surface area contributed by atoms with Crippen molar-refractivity contribution in [1.29, 1.82) is 0 Å². The molecule has 4 rings (SSSR count). The van der Waals surface area contributed by atoms with E-state index in [9.17, 15) is 9.90 Å².